The number of carbonyl (C=O) groups excluding carboxylic acids is 2. The number of anilines is 1. The molecule has 2 aromatic rings. The third kappa shape index (κ3) is 5.40. The molecule has 0 saturated heterocycles. The van der Waals surface area contributed by atoms with Crippen LogP contribution in [-0.2, 0) is 9.59 Å². The second kappa shape index (κ2) is 11.2. The Hall–Kier alpha value is -3.60. The number of hydrogen-bond acceptors (Lipinski definition) is 3. The van der Waals surface area contributed by atoms with E-state index in [1.807, 2.05) is 91.6 Å². The Bertz CT molecular complexity index is 1130. The van der Waals surface area contributed by atoms with E-state index in [1.165, 1.54) is 6.42 Å². The van der Waals surface area contributed by atoms with E-state index in [0.717, 1.165) is 42.5 Å². The molecule has 0 aromatic heterocycles. The molecule has 5 nitrogen and oxygen atoms in total. The molecule has 2 aliphatic rings. The molecule has 5 heteroatoms. The molecule has 35 heavy (non-hydrogen) atoms. The molecule has 0 bridgehead atoms. The molecule has 0 spiro atoms. The molecule has 182 valence electrons. The Labute approximate surface area is 208 Å². The zero-order valence-electron chi connectivity index (χ0n) is 20.7. The van der Waals surface area contributed by atoms with Crippen LogP contribution in [0, 0.1) is 0 Å². The van der Waals surface area contributed by atoms with Crippen molar-refractivity contribution >= 4 is 17.5 Å². The standard InChI is InChI=1S/C30H34N2O3/c1-4-13-24(20-22(2)3)32(28(33)21-35-25-16-9-6-10-17-25)29-26-18-11-12-19-27(26)31(30(29)34)23-14-7-5-8-15-23/h4,6,9-13,16-20,23,29H,2,5,7-8,14-15,21H2,1,3H3/b13-4-,24-20+. The monoisotopic (exact) mass is 470 g/mol. The second-order valence-electron chi connectivity index (χ2n) is 9.24. The molecule has 1 unspecified atom stereocenters. The van der Waals surface area contributed by atoms with Gasteiger partial charge in [0, 0.05) is 23.0 Å². The van der Waals surface area contributed by atoms with Crippen LogP contribution >= 0.6 is 0 Å². The summed E-state index contributed by atoms with van der Waals surface area (Å²) in [5.74, 6) is 0.278. The predicted molar refractivity (Wildman–Crippen MR) is 140 cm³/mol. The van der Waals surface area contributed by atoms with Gasteiger partial charge in [-0.2, -0.15) is 0 Å². The highest BCUT2D eigenvalue weighted by atomic mass is 16.5. The predicted octanol–water partition coefficient (Wildman–Crippen LogP) is 6.35. The zero-order chi connectivity index (χ0) is 24.8. The second-order valence-corrected chi connectivity index (χ2v) is 9.24. The number of benzene rings is 2. The molecule has 2 amide bonds. The Morgan fingerprint density at radius 3 is 2.46 bits per heavy atom. The summed E-state index contributed by atoms with van der Waals surface area (Å²) in [4.78, 5) is 31.4. The number of ether oxygens (including phenoxy) is 1. The largest absolute Gasteiger partial charge is 0.484 e. The van der Waals surface area contributed by atoms with Gasteiger partial charge in [-0.1, -0.05) is 73.9 Å². The summed E-state index contributed by atoms with van der Waals surface area (Å²) >= 11 is 0. The van der Waals surface area contributed by atoms with Gasteiger partial charge in [0.2, 0.25) is 0 Å². The first-order valence-electron chi connectivity index (χ1n) is 12.4. The molecule has 1 atom stereocenters. The number of nitrogens with zero attached hydrogens (tertiary/aromatic N) is 2. The summed E-state index contributed by atoms with van der Waals surface area (Å²) in [7, 11) is 0. The smallest absolute Gasteiger partial charge is 0.265 e. The van der Waals surface area contributed by atoms with Crippen molar-refractivity contribution in [3.8, 4) is 5.75 Å². The van der Waals surface area contributed by atoms with Crippen molar-refractivity contribution in [3.05, 3.63) is 96.2 Å². The SMILES string of the molecule is C=C(C)/C=C(\C=C/C)N(C(=O)COc1ccccc1)C1C(=O)N(C2CCCCC2)c2ccccc21. The first-order valence-corrected chi connectivity index (χ1v) is 12.4. The van der Waals surface area contributed by atoms with Gasteiger partial charge < -0.3 is 9.64 Å². The fourth-order valence-electron chi connectivity index (χ4n) is 5.08. The summed E-state index contributed by atoms with van der Waals surface area (Å²) in [5, 5.41) is 0. The molecular weight excluding hydrogens is 436 g/mol. The Morgan fingerprint density at radius 2 is 1.77 bits per heavy atom. The molecule has 4 rings (SSSR count). The van der Waals surface area contributed by atoms with E-state index in [2.05, 4.69) is 6.58 Å². The van der Waals surface area contributed by atoms with E-state index in [-0.39, 0.29) is 24.5 Å². The molecule has 1 aliphatic carbocycles. The number of amides is 2. The quantitative estimate of drug-likeness (QED) is 0.422. The Morgan fingerprint density at radius 1 is 1.09 bits per heavy atom. The lowest BCUT2D eigenvalue weighted by Crippen LogP contribution is -2.45. The molecule has 0 N–H and O–H groups in total. The summed E-state index contributed by atoms with van der Waals surface area (Å²) in [6, 6.07) is 16.5. The minimum Gasteiger partial charge on any atom is -0.484 e. The van der Waals surface area contributed by atoms with E-state index in [1.54, 1.807) is 4.90 Å². The van der Waals surface area contributed by atoms with Crippen LogP contribution in [0.4, 0.5) is 5.69 Å². The molecule has 1 saturated carbocycles. The average molecular weight is 471 g/mol. The van der Waals surface area contributed by atoms with Crippen LogP contribution in [0.1, 0.15) is 57.6 Å². The Kier molecular flexibility index (Phi) is 7.86. The van der Waals surface area contributed by atoms with Crippen molar-refractivity contribution in [2.75, 3.05) is 11.5 Å². The van der Waals surface area contributed by atoms with Crippen molar-refractivity contribution in [1.29, 1.82) is 0 Å². The van der Waals surface area contributed by atoms with E-state index >= 15 is 0 Å². The number of rotatable bonds is 8. The van der Waals surface area contributed by atoms with E-state index in [0.29, 0.717) is 11.4 Å². The Balaban J connectivity index is 1.74. The lowest BCUT2D eigenvalue weighted by Gasteiger charge is -2.33. The first-order chi connectivity index (χ1) is 17.0. The fourth-order valence-corrected chi connectivity index (χ4v) is 5.08. The number of carbonyl (C=O) groups is 2. The minimum atomic E-state index is -0.748. The van der Waals surface area contributed by atoms with Crippen LogP contribution in [0.25, 0.3) is 0 Å². The van der Waals surface area contributed by atoms with Gasteiger partial charge in [-0.05, 0) is 57.0 Å². The maximum Gasteiger partial charge on any atom is 0.265 e. The number of fused-ring (bicyclic) bond motifs is 1. The molecular formula is C30H34N2O3. The lowest BCUT2D eigenvalue weighted by atomic mass is 9.94. The van der Waals surface area contributed by atoms with Crippen LogP contribution in [0.3, 0.4) is 0 Å². The van der Waals surface area contributed by atoms with Gasteiger partial charge in [-0.25, -0.2) is 0 Å². The zero-order valence-corrected chi connectivity index (χ0v) is 20.7. The van der Waals surface area contributed by atoms with Crippen LogP contribution in [-0.4, -0.2) is 29.4 Å². The van der Waals surface area contributed by atoms with Crippen molar-refractivity contribution in [3.63, 3.8) is 0 Å². The first kappa shape index (κ1) is 24.5. The average Bonchev–Trinajstić information content (AvgIpc) is 3.15. The van der Waals surface area contributed by atoms with Gasteiger partial charge in [0.1, 0.15) is 11.8 Å². The minimum absolute atomic E-state index is 0.0525. The summed E-state index contributed by atoms with van der Waals surface area (Å²) in [5.41, 5.74) is 3.18. The van der Waals surface area contributed by atoms with E-state index in [4.69, 9.17) is 4.74 Å². The molecule has 2 aromatic carbocycles. The maximum absolute atomic E-state index is 14.1. The van der Waals surface area contributed by atoms with Gasteiger partial charge in [-0.3, -0.25) is 14.5 Å². The fraction of sp³-hybridized carbons (Fsp3) is 0.333. The maximum atomic E-state index is 14.1. The highest BCUT2D eigenvalue weighted by Crippen LogP contribution is 2.44. The van der Waals surface area contributed by atoms with Crippen molar-refractivity contribution in [1.82, 2.24) is 4.90 Å². The van der Waals surface area contributed by atoms with Crippen molar-refractivity contribution in [2.45, 2.75) is 58.0 Å². The van der Waals surface area contributed by atoms with Crippen LogP contribution in [0.2, 0.25) is 0 Å². The summed E-state index contributed by atoms with van der Waals surface area (Å²) in [6.45, 7) is 7.62. The molecule has 1 aliphatic heterocycles. The molecule has 0 radical (unpaired) electrons. The van der Waals surface area contributed by atoms with Gasteiger partial charge in [0.05, 0.1) is 0 Å². The number of hydrogen-bond donors (Lipinski definition) is 0. The normalized spacial score (nSPS) is 18.6. The topological polar surface area (TPSA) is 49.9 Å². The summed E-state index contributed by atoms with van der Waals surface area (Å²) < 4.78 is 5.82. The number of allylic oxidation sites excluding steroid dienone is 4. The van der Waals surface area contributed by atoms with Crippen molar-refractivity contribution < 1.29 is 14.3 Å². The van der Waals surface area contributed by atoms with Crippen molar-refractivity contribution in [2.24, 2.45) is 0 Å². The van der Waals surface area contributed by atoms with E-state index in [9.17, 15) is 9.59 Å². The van der Waals surface area contributed by atoms with Crippen LogP contribution in [0.15, 0.2) is 90.7 Å². The number of para-hydroxylation sites is 2. The van der Waals surface area contributed by atoms with Gasteiger partial charge in [0.15, 0.2) is 6.61 Å². The summed E-state index contributed by atoms with van der Waals surface area (Å²) in [6.07, 6.45) is 11.0. The third-order valence-electron chi connectivity index (χ3n) is 6.54. The highest BCUT2D eigenvalue weighted by Gasteiger charge is 2.46. The molecule has 1 heterocycles. The van der Waals surface area contributed by atoms with Crippen LogP contribution < -0.4 is 9.64 Å². The van der Waals surface area contributed by atoms with Gasteiger partial charge in [0.25, 0.3) is 11.8 Å². The third-order valence-corrected chi connectivity index (χ3v) is 6.54. The molecule has 1 fully saturated rings. The van der Waals surface area contributed by atoms with E-state index < -0.39 is 6.04 Å². The van der Waals surface area contributed by atoms with Gasteiger partial charge >= 0.3 is 0 Å². The highest BCUT2D eigenvalue weighted by molar-refractivity contribution is 6.07. The lowest BCUT2D eigenvalue weighted by molar-refractivity contribution is -0.138. The van der Waals surface area contributed by atoms with Crippen LogP contribution in [0.5, 0.6) is 5.75 Å². The van der Waals surface area contributed by atoms with Gasteiger partial charge in [-0.15, -0.1) is 0 Å².